The molecule has 22 heavy (non-hydrogen) atoms. The zero-order valence-electron chi connectivity index (χ0n) is 13.0. The van der Waals surface area contributed by atoms with E-state index in [1.807, 2.05) is 19.1 Å². The summed E-state index contributed by atoms with van der Waals surface area (Å²) in [5.41, 5.74) is 2.61. The van der Waals surface area contributed by atoms with Crippen LogP contribution in [-0.2, 0) is 4.74 Å². The van der Waals surface area contributed by atoms with Gasteiger partial charge in [-0.3, -0.25) is 0 Å². The van der Waals surface area contributed by atoms with Crippen LogP contribution in [0.1, 0.15) is 18.2 Å². The summed E-state index contributed by atoms with van der Waals surface area (Å²) < 4.78 is 5.81. The van der Waals surface area contributed by atoms with Gasteiger partial charge in [0.15, 0.2) is 0 Å². The molecule has 2 heterocycles. The fraction of sp³-hybridized carbons (Fsp3) is 0.222. The van der Waals surface area contributed by atoms with E-state index in [1.54, 1.807) is 12.2 Å². The fourth-order valence-corrected chi connectivity index (χ4v) is 2.17. The molecule has 0 bridgehead atoms. The summed E-state index contributed by atoms with van der Waals surface area (Å²) in [5, 5.41) is 0. The van der Waals surface area contributed by atoms with Crippen LogP contribution in [0.3, 0.4) is 0 Å². The molecule has 0 aliphatic carbocycles. The molecule has 114 valence electrons. The lowest BCUT2D eigenvalue weighted by Gasteiger charge is -2.40. The Morgan fingerprint density at radius 3 is 2.59 bits per heavy atom. The molecule has 4 nitrogen and oxygen atoms in total. The van der Waals surface area contributed by atoms with Crippen molar-refractivity contribution in [1.82, 2.24) is 4.98 Å². The number of hydrogen-bond acceptors (Lipinski definition) is 4. The minimum Gasteiger partial charge on any atom is -0.470 e. The average molecular weight is 295 g/mol. The summed E-state index contributed by atoms with van der Waals surface area (Å²) in [7, 11) is 0. The van der Waals surface area contributed by atoms with Crippen molar-refractivity contribution >= 4 is 23.9 Å². The van der Waals surface area contributed by atoms with Gasteiger partial charge >= 0.3 is 0 Å². The van der Waals surface area contributed by atoms with Crippen LogP contribution in [0.4, 0.5) is 5.82 Å². The first-order chi connectivity index (χ1) is 10.6. The van der Waals surface area contributed by atoms with Crippen molar-refractivity contribution in [2.45, 2.75) is 13.0 Å². The lowest BCUT2D eigenvalue weighted by molar-refractivity contribution is 0.154. The van der Waals surface area contributed by atoms with E-state index in [2.05, 4.69) is 41.2 Å². The van der Waals surface area contributed by atoms with E-state index < -0.39 is 0 Å². The molecule has 0 unspecified atom stereocenters. The smallest absolute Gasteiger partial charge is 0.215 e. The van der Waals surface area contributed by atoms with Gasteiger partial charge in [-0.25, -0.2) is 9.98 Å². The molecule has 1 aromatic heterocycles. The standard InChI is InChI=1S/C18H21N3O/c1-6-14-9-10-17(20-16(14)7-2)21-11-15(12-21)22-18(13(4)5)19-8-3/h6-10,15H,1-4,11-12H2,5H3. The van der Waals surface area contributed by atoms with Crippen molar-refractivity contribution in [1.29, 1.82) is 0 Å². The average Bonchev–Trinajstić information content (AvgIpc) is 2.48. The van der Waals surface area contributed by atoms with Crippen molar-refractivity contribution in [3.05, 3.63) is 61.5 Å². The Morgan fingerprint density at radius 1 is 1.32 bits per heavy atom. The monoisotopic (exact) mass is 295 g/mol. The molecule has 1 saturated heterocycles. The zero-order chi connectivity index (χ0) is 16.1. The summed E-state index contributed by atoms with van der Waals surface area (Å²) >= 11 is 0. The minimum absolute atomic E-state index is 0.0865. The first-order valence-corrected chi connectivity index (χ1v) is 7.11. The molecule has 4 heteroatoms. The maximum atomic E-state index is 5.81. The highest BCUT2D eigenvalue weighted by Crippen LogP contribution is 2.23. The predicted octanol–water partition coefficient (Wildman–Crippen LogP) is 3.69. The SMILES string of the molecule is C=CN=C(OC1CN(c2ccc(C=C)c(C=C)n2)C1)C(=C)C. The van der Waals surface area contributed by atoms with E-state index in [1.165, 1.54) is 6.20 Å². The van der Waals surface area contributed by atoms with E-state index >= 15 is 0 Å². The topological polar surface area (TPSA) is 37.7 Å². The number of hydrogen-bond donors (Lipinski definition) is 0. The van der Waals surface area contributed by atoms with Gasteiger partial charge in [-0.05, 0) is 30.7 Å². The van der Waals surface area contributed by atoms with Crippen molar-refractivity contribution in [3.63, 3.8) is 0 Å². The van der Waals surface area contributed by atoms with Crippen molar-refractivity contribution in [3.8, 4) is 0 Å². The quantitative estimate of drug-likeness (QED) is 0.593. The van der Waals surface area contributed by atoms with E-state index in [0.717, 1.165) is 35.7 Å². The first kappa shape index (κ1) is 15.8. The molecular weight excluding hydrogens is 274 g/mol. The molecule has 1 aliphatic rings. The largest absolute Gasteiger partial charge is 0.470 e. The molecule has 0 spiro atoms. The van der Waals surface area contributed by atoms with Gasteiger partial charge in [-0.2, -0.15) is 0 Å². The number of ether oxygens (including phenoxy) is 1. The van der Waals surface area contributed by atoms with E-state index in [-0.39, 0.29) is 6.10 Å². The molecule has 0 atom stereocenters. The predicted molar refractivity (Wildman–Crippen MR) is 94.0 cm³/mol. The van der Waals surface area contributed by atoms with Gasteiger partial charge < -0.3 is 9.64 Å². The second-order valence-corrected chi connectivity index (χ2v) is 5.09. The Bertz CT molecular complexity index is 640. The van der Waals surface area contributed by atoms with Crippen LogP contribution < -0.4 is 4.90 Å². The maximum Gasteiger partial charge on any atom is 0.215 e. The second-order valence-electron chi connectivity index (χ2n) is 5.09. The van der Waals surface area contributed by atoms with Gasteiger partial charge in [0.1, 0.15) is 11.9 Å². The number of aromatic nitrogens is 1. The molecule has 0 saturated carbocycles. The van der Waals surface area contributed by atoms with Crippen LogP contribution in [0, 0.1) is 0 Å². The Labute approximate surface area is 131 Å². The molecule has 0 N–H and O–H groups in total. The lowest BCUT2D eigenvalue weighted by Crippen LogP contribution is -2.53. The van der Waals surface area contributed by atoms with Gasteiger partial charge in [-0.1, -0.05) is 32.4 Å². The summed E-state index contributed by atoms with van der Waals surface area (Å²) in [4.78, 5) is 10.8. The normalized spacial score (nSPS) is 15.0. The number of anilines is 1. The van der Waals surface area contributed by atoms with Crippen LogP contribution in [0.5, 0.6) is 0 Å². The maximum absolute atomic E-state index is 5.81. The van der Waals surface area contributed by atoms with Gasteiger partial charge in [0.05, 0.1) is 18.8 Å². The highest BCUT2D eigenvalue weighted by Gasteiger charge is 2.30. The number of pyridine rings is 1. The molecule has 1 aliphatic heterocycles. The molecule has 0 radical (unpaired) electrons. The van der Waals surface area contributed by atoms with Crippen LogP contribution in [-0.4, -0.2) is 30.1 Å². The van der Waals surface area contributed by atoms with Gasteiger partial charge in [0.25, 0.3) is 0 Å². The van der Waals surface area contributed by atoms with E-state index in [4.69, 9.17) is 4.74 Å². The third kappa shape index (κ3) is 3.34. The second kappa shape index (κ2) is 6.89. The van der Waals surface area contributed by atoms with E-state index in [9.17, 15) is 0 Å². The molecule has 0 aromatic carbocycles. The highest BCUT2D eigenvalue weighted by molar-refractivity contribution is 5.92. The number of aliphatic imine (C=N–C) groups is 1. The van der Waals surface area contributed by atoms with Crippen LogP contribution >= 0.6 is 0 Å². The van der Waals surface area contributed by atoms with Crippen LogP contribution in [0.25, 0.3) is 12.2 Å². The van der Waals surface area contributed by atoms with Crippen molar-refractivity contribution < 1.29 is 4.74 Å². The highest BCUT2D eigenvalue weighted by atomic mass is 16.5. The third-order valence-electron chi connectivity index (χ3n) is 3.38. The van der Waals surface area contributed by atoms with Gasteiger partial charge in [-0.15, -0.1) is 0 Å². The van der Waals surface area contributed by atoms with Crippen molar-refractivity contribution in [2.24, 2.45) is 4.99 Å². The Kier molecular flexibility index (Phi) is 4.94. The Morgan fingerprint density at radius 2 is 2.05 bits per heavy atom. The number of nitrogens with zero attached hydrogens (tertiary/aromatic N) is 3. The summed E-state index contributed by atoms with van der Waals surface area (Å²) in [6.45, 7) is 18.4. The molecule has 2 rings (SSSR count). The summed E-state index contributed by atoms with van der Waals surface area (Å²) in [5.74, 6) is 1.46. The summed E-state index contributed by atoms with van der Waals surface area (Å²) in [6.07, 6.45) is 5.07. The van der Waals surface area contributed by atoms with Gasteiger partial charge in [0, 0.05) is 11.8 Å². The Balaban J connectivity index is 2.01. The zero-order valence-corrected chi connectivity index (χ0v) is 13.0. The Hall–Kier alpha value is -2.62. The molecule has 1 aromatic rings. The van der Waals surface area contributed by atoms with Gasteiger partial charge in [0.2, 0.25) is 5.90 Å². The molecular formula is C18H21N3O. The number of rotatable bonds is 6. The van der Waals surface area contributed by atoms with E-state index in [0.29, 0.717) is 5.90 Å². The van der Waals surface area contributed by atoms with Crippen LogP contribution in [0.15, 0.2) is 55.2 Å². The summed E-state index contributed by atoms with van der Waals surface area (Å²) in [6, 6.07) is 3.98. The lowest BCUT2D eigenvalue weighted by atomic mass is 10.1. The minimum atomic E-state index is 0.0865. The van der Waals surface area contributed by atoms with Crippen LogP contribution in [0.2, 0.25) is 0 Å². The fourth-order valence-electron chi connectivity index (χ4n) is 2.17. The molecule has 0 amide bonds. The molecule has 1 fully saturated rings. The van der Waals surface area contributed by atoms with Crippen molar-refractivity contribution in [2.75, 3.05) is 18.0 Å². The third-order valence-corrected chi connectivity index (χ3v) is 3.38. The first-order valence-electron chi connectivity index (χ1n) is 7.11.